The van der Waals surface area contributed by atoms with Crippen molar-refractivity contribution in [2.45, 2.75) is 25.3 Å². The van der Waals surface area contributed by atoms with Crippen molar-refractivity contribution >= 4 is 23.3 Å². The van der Waals surface area contributed by atoms with Crippen LogP contribution in [-0.4, -0.2) is 28.1 Å². The first kappa shape index (κ1) is 18.2. The minimum Gasteiger partial charge on any atom is -0.311 e. The predicted molar refractivity (Wildman–Crippen MR) is 114 cm³/mol. The standard InChI is InChI=1S/C24H20N4O2/c1-3-12-27-20-7-5-4-6-18(20)24(23(27)30)13-21(29)26-22-19(24)14-25-28(22)15-17-10-8-16(2)9-11-17/h1,4-11,14H,12-13,15H2,2H3,(H,26,29). The van der Waals surface area contributed by atoms with E-state index in [-0.39, 0.29) is 24.8 Å². The molecule has 1 atom stereocenters. The van der Waals surface area contributed by atoms with Crippen LogP contribution in [0.3, 0.4) is 0 Å². The fourth-order valence-electron chi connectivity index (χ4n) is 4.53. The highest BCUT2D eigenvalue weighted by Gasteiger charge is 2.56. The maximum Gasteiger partial charge on any atom is 0.243 e. The lowest BCUT2D eigenvalue weighted by atomic mass is 9.72. The van der Waals surface area contributed by atoms with Gasteiger partial charge in [0.25, 0.3) is 0 Å². The first-order chi connectivity index (χ1) is 14.5. The second-order valence-electron chi connectivity index (χ2n) is 7.79. The minimum atomic E-state index is -1.10. The van der Waals surface area contributed by atoms with Gasteiger partial charge < -0.3 is 5.32 Å². The van der Waals surface area contributed by atoms with Crippen molar-refractivity contribution in [2.24, 2.45) is 0 Å². The van der Waals surface area contributed by atoms with Crippen molar-refractivity contribution < 1.29 is 9.59 Å². The van der Waals surface area contributed by atoms with Gasteiger partial charge in [0.15, 0.2) is 0 Å². The molecule has 1 aromatic heterocycles. The van der Waals surface area contributed by atoms with Crippen LogP contribution in [0.15, 0.2) is 54.7 Å². The van der Waals surface area contributed by atoms with Gasteiger partial charge in [-0.3, -0.25) is 14.5 Å². The van der Waals surface area contributed by atoms with E-state index in [1.54, 1.807) is 15.8 Å². The van der Waals surface area contributed by atoms with E-state index in [0.29, 0.717) is 17.9 Å². The number of hydrogen-bond acceptors (Lipinski definition) is 3. The third kappa shape index (κ3) is 2.49. The fraction of sp³-hybridized carbons (Fsp3) is 0.208. The molecule has 2 aliphatic rings. The molecule has 6 nitrogen and oxygen atoms in total. The second kappa shape index (κ2) is 6.60. The van der Waals surface area contributed by atoms with Crippen LogP contribution in [0.5, 0.6) is 0 Å². The molecule has 2 aromatic carbocycles. The van der Waals surface area contributed by atoms with E-state index >= 15 is 0 Å². The molecule has 0 saturated heterocycles. The van der Waals surface area contributed by atoms with E-state index in [4.69, 9.17) is 6.42 Å². The summed E-state index contributed by atoms with van der Waals surface area (Å²) in [6, 6.07) is 15.7. The summed E-state index contributed by atoms with van der Waals surface area (Å²) in [5.41, 5.74) is 3.41. The highest BCUT2D eigenvalue weighted by Crippen LogP contribution is 2.52. The Bertz CT molecular complexity index is 1220. The molecule has 30 heavy (non-hydrogen) atoms. The van der Waals surface area contributed by atoms with E-state index in [2.05, 4.69) is 16.3 Å². The van der Waals surface area contributed by atoms with E-state index in [9.17, 15) is 9.59 Å². The monoisotopic (exact) mass is 396 g/mol. The molecule has 0 aliphatic carbocycles. The Labute approximate surface area is 174 Å². The number of nitrogens with one attached hydrogen (secondary N) is 1. The number of fused-ring (bicyclic) bond motifs is 4. The van der Waals surface area contributed by atoms with Gasteiger partial charge >= 0.3 is 0 Å². The van der Waals surface area contributed by atoms with Crippen LogP contribution in [0.2, 0.25) is 0 Å². The van der Waals surface area contributed by atoms with Crippen molar-refractivity contribution in [3.8, 4) is 12.3 Å². The van der Waals surface area contributed by atoms with E-state index in [1.807, 2.05) is 55.5 Å². The lowest BCUT2D eigenvalue weighted by Crippen LogP contribution is -2.46. The molecule has 0 bridgehead atoms. The number of nitrogens with zero attached hydrogens (tertiary/aromatic N) is 3. The number of amides is 2. The Kier molecular flexibility index (Phi) is 4.00. The highest BCUT2D eigenvalue weighted by atomic mass is 16.2. The summed E-state index contributed by atoms with van der Waals surface area (Å²) in [6.07, 6.45) is 7.27. The third-order valence-electron chi connectivity index (χ3n) is 5.95. The number of carbonyl (C=O) groups excluding carboxylic acids is 2. The Morgan fingerprint density at radius 1 is 1.13 bits per heavy atom. The van der Waals surface area contributed by atoms with Gasteiger partial charge in [0.2, 0.25) is 11.8 Å². The van der Waals surface area contributed by atoms with Crippen LogP contribution < -0.4 is 10.2 Å². The Hall–Kier alpha value is -3.85. The summed E-state index contributed by atoms with van der Waals surface area (Å²) in [5, 5.41) is 7.48. The number of para-hydroxylation sites is 1. The lowest BCUT2D eigenvalue weighted by Gasteiger charge is -2.32. The number of rotatable bonds is 3. The van der Waals surface area contributed by atoms with Gasteiger partial charge in [-0.2, -0.15) is 5.10 Å². The van der Waals surface area contributed by atoms with Crippen molar-refractivity contribution in [2.75, 3.05) is 16.8 Å². The highest BCUT2D eigenvalue weighted by molar-refractivity contribution is 6.15. The quantitative estimate of drug-likeness (QED) is 0.693. The molecule has 2 amide bonds. The van der Waals surface area contributed by atoms with Gasteiger partial charge in [0.05, 0.1) is 19.3 Å². The van der Waals surface area contributed by atoms with E-state index in [1.165, 1.54) is 5.56 Å². The molecule has 5 rings (SSSR count). The molecule has 6 heteroatoms. The van der Waals surface area contributed by atoms with Crippen LogP contribution in [-0.2, 0) is 21.5 Å². The zero-order valence-corrected chi connectivity index (χ0v) is 16.6. The SMILES string of the molecule is C#CCN1C(=O)C2(CC(=O)Nc3c2cnn3Cc2ccc(C)cc2)c2ccccc21. The molecule has 3 heterocycles. The largest absolute Gasteiger partial charge is 0.311 e. The number of terminal acetylenes is 1. The zero-order valence-electron chi connectivity index (χ0n) is 16.6. The van der Waals surface area contributed by atoms with Crippen molar-refractivity contribution in [3.63, 3.8) is 0 Å². The number of hydrogen-bond donors (Lipinski definition) is 1. The van der Waals surface area contributed by atoms with E-state index in [0.717, 1.165) is 16.8 Å². The summed E-state index contributed by atoms with van der Waals surface area (Å²) < 4.78 is 1.75. The van der Waals surface area contributed by atoms with Gasteiger partial charge in [0, 0.05) is 17.7 Å². The first-order valence-electron chi connectivity index (χ1n) is 9.81. The Morgan fingerprint density at radius 2 is 1.90 bits per heavy atom. The first-order valence-corrected chi connectivity index (χ1v) is 9.81. The van der Waals surface area contributed by atoms with E-state index < -0.39 is 5.41 Å². The predicted octanol–water partition coefficient (Wildman–Crippen LogP) is 2.85. The van der Waals surface area contributed by atoms with Gasteiger partial charge in [-0.05, 0) is 24.1 Å². The average Bonchev–Trinajstić information content (AvgIpc) is 3.24. The van der Waals surface area contributed by atoms with Crippen molar-refractivity contribution in [1.82, 2.24) is 9.78 Å². The smallest absolute Gasteiger partial charge is 0.243 e. The number of benzene rings is 2. The molecule has 1 unspecified atom stereocenters. The minimum absolute atomic E-state index is 0.0349. The van der Waals surface area contributed by atoms with Gasteiger partial charge in [-0.25, -0.2) is 4.68 Å². The van der Waals surface area contributed by atoms with Crippen LogP contribution in [0.25, 0.3) is 0 Å². The molecule has 0 radical (unpaired) electrons. The van der Waals surface area contributed by atoms with Crippen LogP contribution in [0, 0.1) is 19.3 Å². The fourth-order valence-corrected chi connectivity index (χ4v) is 4.53. The summed E-state index contributed by atoms with van der Waals surface area (Å²) in [4.78, 5) is 28.0. The number of carbonyl (C=O) groups is 2. The molecule has 148 valence electrons. The molecule has 1 spiro atoms. The number of aryl methyl sites for hydroxylation is 1. The summed E-state index contributed by atoms with van der Waals surface area (Å²) >= 11 is 0. The number of anilines is 2. The Balaban J connectivity index is 1.65. The summed E-state index contributed by atoms with van der Waals surface area (Å²) in [6.45, 7) is 2.69. The molecule has 0 fully saturated rings. The van der Waals surface area contributed by atoms with Gasteiger partial charge in [-0.1, -0.05) is 53.9 Å². The Morgan fingerprint density at radius 3 is 2.67 bits per heavy atom. The average molecular weight is 396 g/mol. The molecule has 1 N–H and O–H groups in total. The molecule has 3 aromatic rings. The van der Waals surface area contributed by atoms with Gasteiger partial charge in [0.1, 0.15) is 11.2 Å². The van der Waals surface area contributed by atoms with Crippen LogP contribution >= 0.6 is 0 Å². The number of aromatic nitrogens is 2. The molecule has 2 aliphatic heterocycles. The summed E-state index contributed by atoms with van der Waals surface area (Å²) in [7, 11) is 0. The molecular formula is C24H20N4O2. The zero-order chi connectivity index (χ0) is 20.9. The van der Waals surface area contributed by atoms with Crippen LogP contribution in [0.4, 0.5) is 11.5 Å². The molecular weight excluding hydrogens is 376 g/mol. The van der Waals surface area contributed by atoms with Crippen molar-refractivity contribution in [1.29, 1.82) is 0 Å². The third-order valence-corrected chi connectivity index (χ3v) is 5.95. The van der Waals surface area contributed by atoms with Crippen LogP contribution in [0.1, 0.15) is 28.7 Å². The maximum absolute atomic E-state index is 13.7. The topological polar surface area (TPSA) is 67.2 Å². The maximum atomic E-state index is 13.7. The summed E-state index contributed by atoms with van der Waals surface area (Å²) in [5.74, 6) is 2.75. The normalized spacial score (nSPS) is 19.4. The van der Waals surface area contributed by atoms with Gasteiger partial charge in [-0.15, -0.1) is 6.42 Å². The molecule has 0 saturated carbocycles. The van der Waals surface area contributed by atoms with Crippen molar-refractivity contribution in [3.05, 3.63) is 77.0 Å². The lowest BCUT2D eigenvalue weighted by molar-refractivity contribution is -0.126. The second-order valence-corrected chi connectivity index (χ2v) is 7.79.